The lowest BCUT2D eigenvalue weighted by Crippen LogP contribution is -2.43. The van der Waals surface area contributed by atoms with Crippen LogP contribution >= 0.6 is 0 Å². The molecule has 1 saturated heterocycles. The molecule has 2 aliphatic carbocycles. The molecule has 248 valence electrons. The van der Waals surface area contributed by atoms with Crippen molar-refractivity contribution in [2.75, 3.05) is 32.5 Å². The number of rotatable bonds is 8. The number of benzene rings is 1. The molecule has 44 heavy (non-hydrogen) atoms. The average Bonchev–Trinajstić information content (AvgIpc) is 3.75. The summed E-state index contributed by atoms with van der Waals surface area (Å²) in [6.45, 7) is 18.8. The van der Waals surface area contributed by atoms with Crippen molar-refractivity contribution in [3.63, 3.8) is 0 Å². The lowest BCUT2D eigenvalue weighted by Gasteiger charge is -2.41. The number of aryl methyl sites for hydroxylation is 2. The van der Waals surface area contributed by atoms with Crippen molar-refractivity contribution in [2.24, 2.45) is 33.9 Å². The standard InChI is InChI=1S/C15H27N3O.C10H11NO.C7H15N.C2H2F2O/c1-5-15(2,19)10-11-8-12(9-11)14(17-16-3)18(4)13-6-7-13;1-8-3-4-10(9(2)7-8)11-5-6-12;1-6-4-8(3)5-7(6)2;3-2(4)1-5/h11-13,19H,3,5-10H2,1-2,4H3;3-4,7,11-12H,1-2H3;6-7H,4-5H2,1-3H3;1-2H/b17-14-;;;/t;;6-,7?;/m..0./s1. The highest BCUT2D eigenvalue weighted by Crippen LogP contribution is 2.42. The first-order valence-corrected chi connectivity index (χ1v) is 15.6. The molecule has 3 fully saturated rings. The number of alkyl halides is 2. The highest BCUT2D eigenvalue weighted by atomic mass is 19.3. The monoisotopic (exact) mass is 619 g/mol. The number of carbonyl (C=O) groups is 1. The van der Waals surface area contributed by atoms with Gasteiger partial charge in [0.1, 0.15) is 11.9 Å². The van der Waals surface area contributed by atoms with Crippen LogP contribution < -0.4 is 5.32 Å². The van der Waals surface area contributed by atoms with E-state index in [4.69, 9.17) is 9.90 Å². The van der Waals surface area contributed by atoms with Crippen molar-refractivity contribution in [3.8, 4) is 12.2 Å². The molecule has 8 nitrogen and oxygen atoms in total. The van der Waals surface area contributed by atoms with Crippen molar-refractivity contribution >= 4 is 24.5 Å². The van der Waals surface area contributed by atoms with Crippen LogP contribution in [0.15, 0.2) is 28.4 Å². The molecule has 3 atom stereocenters. The van der Waals surface area contributed by atoms with Crippen LogP contribution in [-0.2, 0) is 4.79 Å². The number of anilines is 1. The van der Waals surface area contributed by atoms with Gasteiger partial charge in [0.05, 0.1) is 11.6 Å². The van der Waals surface area contributed by atoms with Crippen molar-refractivity contribution in [1.29, 1.82) is 0 Å². The summed E-state index contributed by atoms with van der Waals surface area (Å²) in [4.78, 5) is 13.4. The minimum atomic E-state index is -2.80. The first-order chi connectivity index (χ1) is 20.7. The van der Waals surface area contributed by atoms with E-state index in [1.165, 1.54) is 31.5 Å². The molecule has 1 heterocycles. The molecule has 0 spiro atoms. The third-order valence-electron chi connectivity index (χ3n) is 8.63. The van der Waals surface area contributed by atoms with Crippen LogP contribution in [0.5, 0.6) is 0 Å². The predicted octanol–water partition coefficient (Wildman–Crippen LogP) is 6.33. The van der Waals surface area contributed by atoms with Gasteiger partial charge in [-0.2, -0.15) is 5.10 Å². The van der Waals surface area contributed by atoms with Gasteiger partial charge in [-0.3, -0.25) is 4.79 Å². The minimum Gasteiger partial charge on any atom is -0.461 e. The molecule has 0 amide bonds. The molecule has 1 aliphatic heterocycles. The molecule has 3 aliphatic rings. The van der Waals surface area contributed by atoms with E-state index in [1.807, 2.05) is 39.8 Å². The van der Waals surface area contributed by atoms with Crippen molar-refractivity contribution in [1.82, 2.24) is 9.80 Å². The Bertz CT molecular complexity index is 1100. The van der Waals surface area contributed by atoms with Crippen LogP contribution in [0.2, 0.25) is 0 Å². The van der Waals surface area contributed by atoms with Crippen LogP contribution in [-0.4, -0.2) is 84.1 Å². The largest absolute Gasteiger partial charge is 0.461 e. The smallest absolute Gasteiger partial charge is 0.293 e. The van der Waals surface area contributed by atoms with Gasteiger partial charge in [-0.25, -0.2) is 8.78 Å². The first kappa shape index (κ1) is 39.0. The van der Waals surface area contributed by atoms with E-state index in [-0.39, 0.29) is 0 Å². The van der Waals surface area contributed by atoms with Crippen LogP contribution in [0.4, 0.5) is 14.5 Å². The Morgan fingerprint density at radius 3 is 2.20 bits per heavy atom. The van der Waals surface area contributed by atoms with Gasteiger partial charge >= 0.3 is 0 Å². The molecule has 1 aromatic rings. The maximum Gasteiger partial charge on any atom is 0.293 e. The van der Waals surface area contributed by atoms with E-state index in [0.29, 0.717) is 17.9 Å². The summed E-state index contributed by atoms with van der Waals surface area (Å²) in [5, 5.41) is 29.1. The van der Waals surface area contributed by atoms with E-state index in [1.54, 1.807) is 6.11 Å². The number of aliphatic hydroxyl groups is 2. The zero-order valence-corrected chi connectivity index (χ0v) is 28.0. The van der Waals surface area contributed by atoms with Gasteiger partial charge in [-0.15, -0.1) is 5.10 Å². The lowest BCUT2D eigenvalue weighted by atomic mass is 9.69. The van der Waals surface area contributed by atoms with Gasteiger partial charge < -0.3 is 25.3 Å². The van der Waals surface area contributed by atoms with Gasteiger partial charge in [-0.1, -0.05) is 38.5 Å². The topological polar surface area (TPSA) is 101 Å². The summed E-state index contributed by atoms with van der Waals surface area (Å²) in [7, 11) is 4.32. The second kappa shape index (κ2) is 19.4. The van der Waals surface area contributed by atoms with Crippen LogP contribution in [0, 0.1) is 49.7 Å². The van der Waals surface area contributed by atoms with Crippen molar-refractivity contribution < 1.29 is 23.8 Å². The van der Waals surface area contributed by atoms with E-state index in [2.05, 4.69) is 72.1 Å². The normalized spacial score (nSPS) is 23.9. The second-order valence-corrected chi connectivity index (χ2v) is 12.9. The molecule has 4 rings (SSSR count). The molecule has 10 heteroatoms. The fraction of sp³-hybridized carbons (Fsp3) is 0.676. The van der Waals surface area contributed by atoms with Gasteiger partial charge in [0.2, 0.25) is 0 Å². The van der Waals surface area contributed by atoms with E-state index in [0.717, 1.165) is 54.6 Å². The lowest BCUT2D eigenvalue weighted by molar-refractivity contribution is -0.116. The zero-order valence-electron chi connectivity index (χ0n) is 28.0. The summed E-state index contributed by atoms with van der Waals surface area (Å²) in [5.41, 5.74) is 2.77. The van der Waals surface area contributed by atoms with Gasteiger partial charge in [0.15, 0.2) is 6.29 Å². The van der Waals surface area contributed by atoms with E-state index in [9.17, 15) is 13.9 Å². The maximum atomic E-state index is 10.4. The Balaban J connectivity index is 0.000000330. The maximum absolute atomic E-state index is 10.4. The van der Waals surface area contributed by atoms with Crippen LogP contribution in [0.1, 0.15) is 77.3 Å². The molecule has 0 aromatic heterocycles. The van der Waals surface area contributed by atoms with Crippen LogP contribution in [0.3, 0.4) is 0 Å². The summed E-state index contributed by atoms with van der Waals surface area (Å²) in [5.74, 6) is 4.07. The summed E-state index contributed by atoms with van der Waals surface area (Å²) < 4.78 is 20.8. The first-order valence-electron chi connectivity index (χ1n) is 15.6. The number of likely N-dealkylation sites (tertiary alicyclic amines) is 1. The summed E-state index contributed by atoms with van der Waals surface area (Å²) in [6, 6.07) is 9.04. The number of nitrogens with zero attached hydrogens (tertiary/aromatic N) is 4. The fourth-order valence-electron chi connectivity index (χ4n) is 5.51. The SMILES string of the molecule is C=N/N=C(/C1CC(CC(C)(O)CC)C1)N(C)C1CC1.CC1CN(C)C[C@@H]1C.Cc1ccc(NC#CO)c(C)c1.O=CC(F)F. The summed E-state index contributed by atoms with van der Waals surface area (Å²) in [6.07, 6.45) is 5.11. The predicted molar refractivity (Wildman–Crippen MR) is 177 cm³/mol. The number of nitrogens with one attached hydrogen (secondary N) is 1. The second-order valence-electron chi connectivity index (χ2n) is 12.9. The Kier molecular flexibility index (Phi) is 17.2. The number of aliphatic hydroxyl groups excluding tert-OH is 1. The Morgan fingerprint density at radius 2 is 1.82 bits per heavy atom. The van der Waals surface area contributed by atoms with Gasteiger partial charge in [0.25, 0.3) is 6.43 Å². The number of hydrogen-bond donors (Lipinski definition) is 3. The van der Waals surface area contributed by atoms with E-state index < -0.39 is 18.3 Å². The zero-order chi connectivity index (χ0) is 33.4. The van der Waals surface area contributed by atoms with Crippen LogP contribution in [0.25, 0.3) is 0 Å². The molecule has 0 radical (unpaired) electrons. The number of aldehydes is 1. The fourth-order valence-corrected chi connectivity index (χ4v) is 5.51. The summed E-state index contributed by atoms with van der Waals surface area (Å²) >= 11 is 0. The van der Waals surface area contributed by atoms with Gasteiger partial charge in [-0.05, 0) is 95.7 Å². The Hall–Kier alpha value is -3.03. The molecular weight excluding hydrogens is 564 g/mol. The van der Waals surface area contributed by atoms with Crippen molar-refractivity contribution in [2.45, 2.75) is 98.1 Å². The molecule has 3 N–H and O–H groups in total. The third-order valence-corrected chi connectivity index (χ3v) is 8.63. The van der Waals surface area contributed by atoms with E-state index >= 15 is 0 Å². The molecule has 0 bridgehead atoms. The Labute approximate surface area is 264 Å². The Morgan fingerprint density at radius 1 is 1.25 bits per heavy atom. The third kappa shape index (κ3) is 14.6. The highest BCUT2D eigenvalue weighted by Gasteiger charge is 2.40. The molecule has 2 saturated carbocycles. The van der Waals surface area contributed by atoms with Gasteiger partial charge in [0, 0.05) is 44.5 Å². The number of carbonyl (C=O) groups excluding carboxylic acids is 1. The quantitative estimate of drug-likeness (QED) is 0.0785. The molecule has 1 aromatic carbocycles. The molecular formula is C34H55F2N5O3. The number of halogens is 2. The minimum absolute atomic E-state index is 0.417. The highest BCUT2D eigenvalue weighted by molar-refractivity contribution is 5.85. The van der Waals surface area contributed by atoms with Crippen molar-refractivity contribution in [3.05, 3.63) is 29.3 Å². The average molecular weight is 620 g/mol. The molecule has 2 unspecified atom stereocenters. The number of amidine groups is 1. The number of hydrogen-bond acceptors (Lipinski definition) is 7.